The predicted octanol–water partition coefficient (Wildman–Crippen LogP) is 2.90. The van der Waals surface area contributed by atoms with Gasteiger partial charge in [-0.25, -0.2) is 0 Å². The minimum absolute atomic E-state index is 0.0843. The van der Waals surface area contributed by atoms with Gasteiger partial charge in [-0.2, -0.15) is 0 Å². The molecule has 0 saturated carbocycles. The van der Waals surface area contributed by atoms with Gasteiger partial charge < -0.3 is 19.3 Å². The Bertz CT molecular complexity index is 515. The Morgan fingerprint density at radius 1 is 1.17 bits per heavy atom. The van der Waals surface area contributed by atoms with Gasteiger partial charge in [-0.15, -0.1) is 0 Å². The molecular weight excluding hydrogens is 232 g/mol. The zero-order valence-corrected chi connectivity index (χ0v) is 11.3. The lowest BCUT2D eigenvalue weighted by molar-refractivity contribution is 0.150. The summed E-state index contributed by atoms with van der Waals surface area (Å²) >= 11 is 0. The normalized spacial score (nSPS) is 15.8. The van der Waals surface area contributed by atoms with Crippen LogP contribution in [-0.4, -0.2) is 24.9 Å². The Morgan fingerprint density at radius 2 is 1.78 bits per heavy atom. The number of hydrogen-bond acceptors (Lipinski definition) is 4. The molecule has 0 saturated heterocycles. The number of ether oxygens (including phenoxy) is 3. The number of phenols is 1. The fourth-order valence-corrected chi connectivity index (χ4v) is 2.06. The molecule has 18 heavy (non-hydrogen) atoms. The second-order valence-electron chi connectivity index (χ2n) is 4.82. The summed E-state index contributed by atoms with van der Waals surface area (Å²) in [5.74, 6) is 1.42. The molecule has 1 aromatic carbocycles. The molecule has 1 N–H and O–H groups in total. The number of benzene rings is 1. The minimum Gasteiger partial charge on any atom is -0.504 e. The molecule has 1 heterocycles. The average Bonchev–Trinajstić information content (AvgIpc) is 2.32. The van der Waals surface area contributed by atoms with E-state index in [4.69, 9.17) is 14.2 Å². The van der Waals surface area contributed by atoms with E-state index in [-0.39, 0.29) is 5.75 Å². The van der Waals surface area contributed by atoms with Crippen LogP contribution in [0, 0.1) is 6.92 Å². The topological polar surface area (TPSA) is 47.9 Å². The van der Waals surface area contributed by atoms with Gasteiger partial charge in [0.1, 0.15) is 5.60 Å². The molecule has 0 fully saturated rings. The molecule has 1 aliphatic heterocycles. The van der Waals surface area contributed by atoms with Gasteiger partial charge in [-0.1, -0.05) is 6.08 Å². The van der Waals surface area contributed by atoms with Gasteiger partial charge in [0.25, 0.3) is 0 Å². The van der Waals surface area contributed by atoms with Gasteiger partial charge in [0.15, 0.2) is 11.5 Å². The van der Waals surface area contributed by atoms with Crippen molar-refractivity contribution >= 4 is 6.08 Å². The highest BCUT2D eigenvalue weighted by Gasteiger charge is 2.30. The lowest BCUT2D eigenvalue weighted by atomic mass is 9.97. The average molecular weight is 250 g/mol. The quantitative estimate of drug-likeness (QED) is 0.876. The molecule has 0 atom stereocenters. The number of fused-ring (bicyclic) bond motifs is 1. The third-order valence-corrected chi connectivity index (χ3v) is 3.06. The summed E-state index contributed by atoms with van der Waals surface area (Å²) < 4.78 is 16.4. The molecule has 0 spiro atoms. The van der Waals surface area contributed by atoms with Crippen LogP contribution in [-0.2, 0) is 0 Å². The Kier molecular flexibility index (Phi) is 2.89. The molecule has 98 valence electrons. The van der Waals surface area contributed by atoms with E-state index >= 15 is 0 Å². The number of phenolic OH excluding ortho intramolecular Hbond substituents is 1. The first-order valence-electron chi connectivity index (χ1n) is 5.77. The van der Waals surface area contributed by atoms with Crippen LogP contribution in [0.25, 0.3) is 6.08 Å². The first kappa shape index (κ1) is 12.6. The fourth-order valence-electron chi connectivity index (χ4n) is 2.06. The molecule has 0 aromatic heterocycles. The number of methoxy groups -OCH3 is 2. The van der Waals surface area contributed by atoms with Crippen LogP contribution in [0.1, 0.15) is 25.0 Å². The highest BCUT2D eigenvalue weighted by atomic mass is 16.5. The zero-order chi connectivity index (χ0) is 13.5. The van der Waals surface area contributed by atoms with Gasteiger partial charge in [0.05, 0.1) is 14.2 Å². The lowest BCUT2D eigenvalue weighted by Crippen LogP contribution is -2.28. The minimum atomic E-state index is -0.408. The van der Waals surface area contributed by atoms with E-state index in [0.717, 1.165) is 11.1 Å². The van der Waals surface area contributed by atoms with E-state index in [0.29, 0.717) is 17.2 Å². The van der Waals surface area contributed by atoms with Crippen LogP contribution in [0.3, 0.4) is 0 Å². The van der Waals surface area contributed by atoms with Gasteiger partial charge in [-0.05, 0) is 26.8 Å². The van der Waals surface area contributed by atoms with Gasteiger partial charge >= 0.3 is 0 Å². The van der Waals surface area contributed by atoms with E-state index in [1.165, 1.54) is 14.2 Å². The predicted molar refractivity (Wildman–Crippen MR) is 69.7 cm³/mol. The Hall–Kier alpha value is -1.84. The van der Waals surface area contributed by atoms with Crippen molar-refractivity contribution in [3.63, 3.8) is 0 Å². The van der Waals surface area contributed by atoms with E-state index in [9.17, 15) is 5.11 Å². The third-order valence-electron chi connectivity index (χ3n) is 3.06. The second kappa shape index (κ2) is 4.12. The van der Waals surface area contributed by atoms with Crippen molar-refractivity contribution in [2.45, 2.75) is 26.4 Å². The maximum absolute atomic E-state index is 10.1. The third kappa shape index (κ3) is 1.78. The molecule has 0 radical (unpaired) electrons. The molecule has 1 aliphatic rings. The maximum Gasteiger partial charge on any atom is 0.207 e. The van der Waals surface area contributed by atoms with Crippen molar-refractivity contribution in [3.8, 4) is 23.0 Å². The summed E-state index contributed by atoms with van der Waals surface area (Å²) in [6.07, 6.45) is 3.89. The Morgan fingerprint density at radius 3 is 2.33 bits per heavy atom. The standard InChI is InChI=1S/C14H18O4/c1-8-9-6-7-14(2,3)18-11(9)13(17-5)12(16-4)10(8)15/h6-7,15H,1-5H3. The number of aromatic hydroxyl groups is 1. The van der Waals surface area contributed by atoms with E-state index in [2.05, 4.69) is 0 Å². The molecule has 0 bridgehead atoms. The molecular formula is C14H18O4. The SMILES string of the molecule is COc1c(O)c(C)c2c(c1OC)OC(C)(C)C=C2. The summed E-state index contributed by atoms with van der Waals surface area (Å²) in [6, 6.07) is 0. The van der Waals surface area contributed by atoms with Crippen molar-refractivity contribution in [1.82, 2.24) is 0 Å². The summed E-state index contributed by atoms with van der Waals surface area (Å²) in [5.41, 5.74) is 1.13. The highest BCUT2D eigenvalue weighted by Crippen LogP contribution is 2.51. The van der Waals surface area contributed by atoms with Gasteiger partial charge in [0.2, 0.25) is 11.5 Å². The summed E-state index contributed by atoms with van der Waals surface area (Å²) in [7, 11) is 3.02. The van der Waals surface area contributed by atoms with Crippen molar-refractivity contribution in [2.24, 2.45) is 0 Å². The van der Waals surface area contributed by atoms with Crippen LogP contribution < -0.4 is 14.2 Å². The molecule has 0 aliphatic carbocycles. The first-order chi connectivity index (χ1) is 8.41. The fraction of sp³-hybridized carbons (Fsp3) is 0.429. The van der Waals surface area contributed by atoms with Crippen LogP contribution >= 0.6 is 0 Å². The molecule has 0 amide bonds. The van der Waals surface area contributed by atoms with Crippen molar-refractivity contribution in [2.75, 3.05) is 14.2 Å². The number of hydrogen-bond donors (Lipinski definition) is 1. The second-order valence-corrected chi connectivity index (χ2v) is 4.82. The van der Waals surface area contributed by atoms with Crippen LogP contribution in [0.5, 0.6) is 23.0 Å². The Labute approximate surface area is 107 Å². The molecule has 0 unspecified atom stereocenters. The molecule has 4 nitrogen and oxygen atoms in total. The van der Waals surface area contributed by atoms with Crippen LogP contribution in [0.2, 0.25) is 0 Å². The first-order valence-corrected chi connectivity index (χ1v) is 5.77. The van der Waals surface area contributed by atoms with E-state index in [1.807, 2.05) is 32.9 Å². The van der Waals surface area contributed by atoms with Crippen molar-refractivity contribution in [1.29, 1.82) is 0 Å². The van der Waals surface area contributed by atoms with Crippen molar-refractivity contribution < 1.29 is 19.3 Å². The van der Waals surface area contributed by atoms with Crippen LogP contribution in [0.15, 0.2) is 6.08 Å². The number of rotatable bonds is 2. The summed E-state index contributed by atoms with van der Waals surface area (Å²) in [6.45, 7) is 5.74. The van der Waals surface area contributed by atoms with Gasteiger partial charge in [0, 0.05) is 11.1 Å². The van der Waals surface area contributed by atoms with Crippen LogP contribution in [0.4, 0.5) is 0 Å². The molecule has 4 heteroatoms. The smallest absolute Gasteiger partial charge is 0.207 e. The lowest BCUT2D eigenvalue weighted by Gasteiger charge is -2.30. The molecule has 2 rings (SSSR count). The monoisotopic (exact) mass is 250 g/mol. The summed E-state index contributed by atoms with van der Waals surface area (Å²) in [5, 5.41) is 10.1. The zero-order valence-electron chi connectivity index (χ0n) is 11.3. The van der Waals surface area contributed by atoms with Gasteiger partial charge in [-0.3, -0.25) is 0 Å². The maximum atomic E-state index is 10.1. The Balaban J connectivity index is 2.75. The van der Waals surface area contributed by atoms with Crippen molar-refractivity contribution in [3.05, 3.63) is 17.2 Å². The highest BCUT2D eigenvalue weighted by molar-refractivity contribution is 5.76. The van der Waals surface area contributed by atoms with E-state index < -0.39 is 5.60 Å². The van der Waals surface area contributed by atoms with E-state index in [1.54, 1.807) is 0 Å². The summed E-state index contributed by atoms with van der Waals surface area (Å²) in [4.78, 5) is 0. The molecule has 1 aromatic rings. The largest absolute Gasteiger partial charge is 0.504 e.